The van der Waals surface area contributed by atoms with Crippen LogP contribution in [0.1, 0.15) is 5.56 Å². The molecule has 2 aromatic carbocycles. The summed E-state index contributed by atoms with van der Waals surface area (Å²) in [6.45, 7) is 0.299. The molecule has 3 aromatic rings. The highest BCUT2D eigenvalue weighted by Crippen LogP contribution is 2.15. The minimum absolute atomic E-state index is 0.0437. The molecule has 150 valence electrons. The molecule has 29 heavy (non-hydrogen) atoms. The van der Waals surface area contributed by atoms with E-state index in [9.17, 15) is 14.0 Å². The van der Waals surface area contributed by atoms with Gasteiger partial charge in [0.1, 0.15) is 5.82 Å². The summed E-state index contributed by atoms with van der Waals surface area (Å²) in [6.07, 6.45) is 3.16. The summed E-state index contributed by atoms with van der Waals surface area (Å²) in [5.41, 5.74) is 1.89. The Morgan fingerprint density at radius 3 is 2.45 bits per heavy atom. The lowest BCUT2D eigenvalue weighted by molar-refractivity contribution is -0.115. The Morgan fingerprint density at radius 2 is 1.72 bits per heavy atom. The second-order valence-corrected chi connectivity index (χ2v) is 6.20. The van der Waals surface area contributed by atoms with Crippen LogP contribution in [-0.2, 0) is 17.8 Å². The molecule has 8 nitrogen and oxygen atoms in total. The van der Waals surface area contributed by atoms with Crippen molar-refractivity contribution in [2.24, 2.45) is 0 Å². The molecule has 0 aliphatic rings. The number of aliphatic hydroxyl groups is 1. The first kappa shape index (κ1) is 20.0. The Bertz CT molecular complexity index is 988. The van der Waals surface area contributed by atoms with E-state index in [1.54, 1.807) is 42.6 Å². The molecule has 9 heteroatoms. The van der Waals surface area contributed by atoms with Gasteiger partial charge < -0.3 is 21.1 Å². The number of carbonyl (C=O) groups is 2. The fourth-order valence-electron chi connectivity index (χ4n) is 2.59. The number of hydrogen-bond acceptors (Lipinski definition) is 4. The van der Waals surface area contributed by atoms with E-state index in [-0.39, 0.29) is 24.6 Å². The van der Waals surface area contributed by atoms with Crippen molar-refractivity contribution in [2.75, 3.05) is 22.6 Å². The second-order valence-electron chi connectivity index (χ2n) is 6.20. The summed E-state index contributed by atoms with van der Waals surface area (Å²) in [4.78, 5) is 24.1. The SMILES string of the molecule is O=C(Cc1ccc(NC(=O)Nc2cnn(CCO)c2)cc1)Nc1ccccc1F. The first-order valence-corrected chi connectivity index (χ1v) is 8.88. The number of nitrogens with one attached hydrogen (secondary N) is 3. The second kappa shape index (κ2) is 9.47. The predicted molar refractivity (Wildman–Crippen MR) is 107 cm³/mol. The van der Waals surface area contributed by atoms with E-state index in [0.717, 1.165) is 5.56 Å². The zero-order valence-corrected chi connectivity index (χ0v) is 15.4. The standard InChI is InChI=1S/C20H20FN5O3/c21-17-3-1-2-4-18(17)25-19(28)11-14-5-7-15(8-6-14)23-20(29)24-16-12-22-26(13-16)9-10-27/h1-8,12-13,27H,9-11H2,(H,25,28)(H2,23,24,29). The molecule has 3 rings (SSSR count). The first-order valence-electron chi connectivity index (χ1n) is 8.88. The van der Waals surface area contributed by atoms with Gasteiger partial charge in [-0.3, -0.25) is 9.48 Å². The Labute approximate surface area is 166 Å². The van der Waals surface area contributed by atoms with E-state index in [1.165, 1.54) is 23.0 Å². The number of aliphatic hydroxyl groups excluding tert-OH is 1. The minimum Gasteiger partial charge on any atom is -0.394 e. The summed E-state index contributed by atoms with van der Waals surface area (Å²) in [7, 11) is 0. The van der Waals surface area contributed by atoms with E-state index in [0.29, 0.717) is 17.9 Å². The molecule has 0 aliphatic carbocycles. The van der Waals surface area contributed by atoms with Crippen LogP contribution in [0.3, 0.4) is 0 Å². The lowest BCUT2D eigenvalue weighted by Gasteiger charge is -2.08. The monoisotopic (exact) mass is 397 g/mol. The van der Waals surface area contributed by atoms with Crippen molar-refractivity contribution in [1.29, 1.82) is 0 Å². The van der Waals surface area contributed by atoms with Gasteiger partial charge in [0.05, 0.1) is 37.1 Å². The number of anilines is 3. The number of hydrogen-bond donors (Lipinski definition) is 4. The molecule has 0 fully saturated rings. The Kier molecular flexibility index (Phi) is 6.54. The third kappa shape index (κ3) is 5.88. The molecule has 0 unspecified atom stereocenters. The van der Waals surface area contributed by atoms with E-state index < -0.39 is 11.8 Å². The number of halogens is 1. The fourth-order valence-corrected chi connectivity index (χ4v) is 2.59. The molecule has 0 saturated heterocycles. The number of aromatic nitrogens is 2. The Balaban J connectivity index is 1.50. The predicted octanol–water partition coefficient (Wildman–Crippen LogP) is 2.84. The van der Waals surface area contributed by atoms with Gasteiger partial charge in [-0.15, -0.1) is 0 Å². The van der Waals surface area contributed by atoms with E-state index in [4.69, 9.17) is 5.11 Å². The Hall–Kier alpha value is -3.72. The van der Waals surface area contributed by atoms with Crippen LogP contribution in [-0.4, -0.2) is 33.4 Å². The molecule has 0 spiro atoms. The molecule has 1 aromatic heterocycles. The highest BCUT2D eigenvalue weighted by molar-refractivity contribution is 5.99. The number of carbonyl (C=O) groups excluding carboxylic acids is 2. The van der Waals surface area contributed by atoms with Crippen molar-refractivity contribution in [3.63, 3.8) is 0 Å². The van der Waals surface area contributed by atoms with E-state index in [2.05, 4.69) is 21.0 Å². The third-order valence-corrected chi connectivity index (χ3v) is 3.94. The summed E-state index contributed by atoms with van der Waals surface area (Å²) in [5, 5.41) is 20.7. The average Bonchev–Trinajstić information content (AvgIpc) is 3.12. The quantitative estimate of drug-likeness (QED) is 0.492. The number of amides is 3. The normalized spacial score (nSPS) is 10.4. The van der Waals surface area contributed by atoms with Crippen molar-refractivity contribution >= 4 is 29.0 Å². The van der Waals surface area contributed by atoms with Crippen LogP contribution in [0.25, 0.3) is 0 Å². The molecular weight excluding hydrogens is 377 g/mol. The van der Waals surface area contributed by atoms with Gasteiger partial charge in [0, 0.05) is 11.9 Å². The van der Waals surface area contributed by atoms with Crippen LogP contribution in [0.5, 0.6) is 0 Å². The van der Waals surface area contributed by atoms with Crippen LogP contribution in [0.4, 0.5) is 26.2 Å². The summed E-state index contributed by atoms with van der Waals surface area (Å²) in [5.74, 6) is -0.832. The maximum atomic E-state index is 13.6. The van der Waals surface area contributed by atoms with Crippen LogP contribution >= 0.6 is 0 Å². The lowest BCUT2D eigenvalue weighted by Crippen LogP contribution is -2.19. The summed E-state index contributed by atoms with van der Waals surface area (Å²) in [6, 6.07) is 12.3. The highest BCUT2D eigenvalue weighted by atomic mass is 19.1. The van der Waals surface area contributed by atoms with Crippen molar-refractivity contribution in [2.45, 2.75) is 13.0 Å². The summed E-state index contributed by atoms with van der Waals surface area (Å²) >= 11 is 0. The maximum absolute atomic E-state index is 13.6. The van der Waals surface area contributed by atoms with Crippen molar-refractivity contribution < 1.29 is 19.1 Å². The first-order chi connectivity index (χ1) is 14.0. The molecule has 4 N–H and O–H groups in total. The van der Waals surface area contributed by atoms with Gasteiger partial charge in [-0.2, -0.15) is 5.10 Å². The molecule has 1 heterocycles. The van der Waals surface area contributed by atoms with Gasteiger partial charge in [-0.1, -0.05) is 24.3 Å². The van der Waals surface area contributed by atoms with Crippen molar-refractivity contribution in [1.82, 2.24) is 9.78 Å². The number of urea groups is 1. The number of nitrogens with zero attached hydrogens (tertiary/aromatic N) is 2. The minimum atomic E-state index is -0.492. The molecule has 0 atom stereocenters. The van der Waals surface area contributed by atoms with Gasteiger partial charge >= 0.3 is 6.03 Å². The van der Waals surface area contributed by atoms with Gasteiger partial charge in [0.2, 0.25) is 5.91 Å². The smallest absolute Gasteiger partial charge is 0.323 e. The molecular formula is C20H20FN5O3. The number of rotatable bonds is 7. The third-order valence-electron chi connectivity index (χ3n) is 3.94. The van der Waals surface area contributed by atoms with Crippen molar-refractivity contribution in [3.05, 3.63) is 72.3 Å². The zero-order valence-electron chi connectivity index (χ0n) is 15.4. The maximum Gasteiger partial charge on any atom is 0.323 e. The largest absolute Gasteiger partial charge is 0.394 e. The molecule has 3 amide bonds. The fraction of sp³-hybridized carbons (Fsp3) is 0.150. The van der Waals surface area contributed by atoms with Gasteiger partial charge in [-0.05, 0) is 29.8 Å². The van der Waals surface area contributed by atoms with E-state index in [1.807, 2.05) is 0 Å². The topological polar surface area (TPSA) is 108 Å². The highest BCUT2D eigenvalue weighted by Gasteiger charge is 2.08. The zero-order chi connectivity index (χ0) is 20.6. The van der Waals surface area contributed by atoms with Crippen LogP contribution in [0, 0.1) is 5.82 Å². The van der Waals surface area contributed by atoms with Crippen LogP contribution < -0.4 is 16.0 Å². The number of para-hydroxylation sites is 1. The van der Waals surface area contributed by atoms with Crippen molar-refractivity contribution in [3.8, 4) is 0 Å². The molecule has 0 saturated carbocycles. The van der Waals surface area contributed by atoms with E-state index >= 15 is 0 Å². The van der Waals surface area contributed by atoms with Crippen LogP contribution in [0.2, 0.25) is 0 Å². The van der Waals surface area contributed by atoms with Gasteiger partial charge in [0.15, 0.2) is 0 Å². The molecule has 0 aliphatic heterocycles. The van der Waals surface area contributed by atoms with Crippen LogP contribution in [0.15, 0.2) is 60.9 Å². The lowest BCUT2D eigenvalue weighted by atomic mass is 10.1. The number of benzene rings is 2. The van der Waals surface area contributed by atoms with Gasteiger partial charge in [0.25, 0.3) is 0 Å². The molecule has 0 bridgehead atoms. The average molecular weight is 397 g/mol. The summed E-state index contributed by atoms with van der Waals surface area (Å²) < 4.78 is 15.1. The van der Waals surface area contributed by atoms with Gasteiger partial charge in [-0.25, -0.2) is 9.18 Å². The molecule has 0 radical (unpaired) electrons. The Morgan fingerprint density at radius 1 is 1.00 bits per heavy atom.